The first-order valence-electron chi connectivity index (χ1n) is 8.33. The van der Waals surface area contributed by atoms with Crippen LogP contribution in [0.15, 0.2) is 35.1 Å². The number of pyridine rings is 1. The highest BCUT2D eigenvalue weighted by Gasteiger charge is 2.12. The van der Waals surface area contributed by atoms with Crippen molar-refractivity contribution < 1.29 is 13.5 Å². The number of hydrogen-bond donors (Lipinski definition) is 1. The summed E-state index contributed by atoms with van der Waals surface area (Å²) in [4.78, 5) is 17.6. The molecule has 1 heterocycles. The van der Waals surface area contributed by atoms with E-state index in [0.717, 1.165) is 25.7 Å². The van der Waals surface area contributed by atoms with Crippen molar-refractivity contribution in [2.45, 2.75) is 13.8 Å². The molecule has 0 saturated heterocycles. The highest BCUT2D eigenvalue weighted by atomic mass is 19.1. The van der Waals surface area contributed by atoms with Crippen LogP contribution >= 0.6 is 0 Å². The Morgan fingerprint density at radius 1 is 1.08 bits per heavy atom. The first-order valence-corrected chi connectivity index (χ1v) is 8.33. The predicted octanol–water partition coefficient (Wildman–Crippen LogP) is 3.68. The Hall–Kier alpha value is -2.47. The smallest absolute Gasteiger partial charge is 0.200 e. The summed E-state index contributed by atoms with van der Waals surface area (Å²) in [5, 5.41) is 0.207. The van der Waals surface area contributed by atoms with E-state index >= 15 is 0 Å². The van der Waals surface area contributed by atoms with Crippen molar-refractivity contribution in [2.75, 3.05) is 26.2 Å². The quantitative estimate of drug-likeness (QED) is 0.693. The van der Waals surface area contributed by atoms with E-state index in [1.165, 1.54) is 0 Å². The van der Waals surface area contributed by atoms with Crippen molar-refractivity contribution >= 4 is 21.8 Å². The maximum absolute atomic E-state index is 13.9. The number of likely N-dealkylation sites (N-methyl/N-ethyl adjacent to an activating group) is 1. The molecule has 6 heteroatoms. The second-order valence-electron chi connectivity index (χ2n) is 5.85. The maximum Gasteiger partial charge on any atom is 0.200 e. The molecule has 3 rings (SSSR count). The Morgan fingerprint density at radius 2 is 1.84 bits per heavy atom. The summed E-state index contributed by atoms with van der Waals surface area (Å²) < 4.78 is 33.1. The minimum Gasteiger partial charge on any atom is -0.492 e. The fourth-order valence-corrected chi connectivity index (χ4v) is 2.93. The normalized spacial score (nSPS) is 11.6. The number of nitrogens with one attached hydrogen (secondary N) is 1. The highest BCUT2D eigenvalue weighted by Crippen LogP contribution is 2.22. The minimum absolute atomic E-state index is 0.135. The van der Waals surface area contributed by atoms with Gasteiger partial charge in [0.25, 0.3) is 0 Å². The maximum atomic E-state index is 13.9. The van der Waals surface area contributed by atoms with E-state index in [1.807, 2.05) is 0 Å². The average Bonchev–Trinajstić information content (AvgIpc) is 2.58. The summed E-state index contributed by atoms with van der Waals surface area (Å²) in [6.07, 6.45) is 0. The van der Waals surface area contributed by atoms with Crippen LogP contribution in [0.1, 0.15) is 13.8 Å². The van der Waals surface area contributed by atoms with Crippen LogP contribution in [-0.2, 0) is 0 Å². The van der Waals surface area contributed by atoms with Crippen LogP contribution < -0.4 is 10.2 Å². The van der Waals surface area contributed by atoms with E-state index in [9.17, 15) is 13.6 Å². The van der Waals surface area contributed by atoms with Gasteiger partial charge in [-0.05, 0) is 31.3 Å². The van der Waals surface area contributed by atoms with Crippen LogP contribution in [0, 0.1) is 11.6 Å². The Kier molecular flexibility index (Phi) is 4.99. The van der Waals surface area contributed by atoms with Crippen molar-refractivity contribution in [2.24, 2.45) is 0 Å². The zero-order chi connectivity index (χ0) is 18.0. The molecule has 0 spiro atoms. The van der Waals surface area contributed by atoms with Gasteiger partial charge in [0.1, 0.15) is 24.0 Å². The summed E-state index contributed by atoms with van der Waals surface area (Å²) in [5.41, 5.74) is 0.161. The second-order valence-corrected chi connectivity index (χ2v) is 5.85. The SMILES string of the molecule is CCN(CC)CCOc1ccc2c(=O)c3c(F)cc(F)cc3[nH]c2c1. The number of nitrogens with zero attached hydrogens (tertiary/aromatic N) is 1. The number of halogens is 2. The molecule has 132 valence electrons. The number of aromatic amines is 1. The highest BCUT2D eigenvalue weighted by molar-refractivity contribution is 5.93. The number of H-pyrrole nitrogens is 1. The molecule has 0 bridgehead atoms. The zero-order valence-electron chi connectivity index (χ0n) is 14.2. The van der Waals surface area contributed by atoms with Gasteiger partial charge in [0.05, 0.1) is 16.4 Å². The Labute approximate surface area is 144 Å². The average molecular weight is 346 g/mol. The monoisotopic (exact) mass is 346 g/mol. The predicted molar refractivity (Wildman–Crippen MR) is 95.3 cm³/mol. The number of rotatable bonds is 6. The van der Waals surface area contributed by atoms with Crippen LogP contribution in [0.3, 0.4) is 0 Å². The van der Waals surface area contributed by atoms with E-state index in [-0.39, 0.29) is 10.9 Å². The van der Waals surface area contributed by atoms with Crippen LogP contribution in [-0.4, -0.2) is 36.1 Å². The minimum atomic E-state index is -0.863. The Balaban J connectivity index is 1.95. The summed E-state index contributed by atoms with van der Waals surface area (Å²) >= 11 is 0. The first-order chi connectivity index (χ1) is 12.0. The summed E-state index contributed by atoms with van der Waals surface area (Å²) in [6, 6.07) is 6.80. The topological polar surface area (TPSA) is 45.3 Å². The number of aromatic nitrogens is 1. The molecule has 4 nitrogen and oxygen atoms in total. The molecule has 25 heavy (non-hydrogen) atoms. The lowest BCUT2D eigenvalue weighted by molar-refractivity contribution is 0.223. The Bertz CT molecular complexity index is 965. The van der Waals surface area contributed by atoms with Gasteiger partial charge in [-0.1, -0.05) is 13.8 Å². The largest absolute Gasteiger partial charge is 0.492 e. The third-order valence-electron chi connectivity index (χ3n) is 4.36. The molecule has 0 radical (unpaired) electrons. The standard InChI is InChI=1S/C19H20F2N2O2/c1-3-23(4-2)7-8-25-13-5-6-14-16(11-13)22-17-10-12(20)9-15(21)18(17)19(14)24/h5-6,9-11H,3-4,7-8H2,1-2H3,(H,22,24). The number of benzene rings is 2. The molecule has 2 aromatic carbocycles. The molecular weight excluding hydrogens is 326 g/mol. The van der Waals surface area contributed by atoms with E-state index in [1.54, 1.807) is 18.2 Å². The number of hydrogen-bond acceptors (Lipinski definition) is 3. The molecular formula is C19H20F2N2O2. The van der Waals surface area contributed by atoms with E-state index in [2.05, 4.69) is 23.7 Å². The van der Waals surface area contributed by atoms with Gasteiger partial charge in [-0.2, -0.15) is 0 Å². The Morgan fingerprint density at radius 3 is 2.56 bits per heavy atom. The molecule has 0 amide bonds. The summed E-state index contributed by atoms with van der Waals surface area (Å²) in [6.45, 7) is 7.41. The van der Waals surface area contributed by atoms with E-state index < -0.39 is 17.1 Å². The van der Waals surface area contributed by atoms with Crippen LogP contribution in [0.5, 0.6) is 5.75 Å². The van der Waals surface area contributed by atoms with Gasteiger partial charge in [-0.3, -0.25) is 4.79 Å². The summed E-state index contributed by atoms with van der Waals surface area (Å²) in [7, 11) is 0. The van der Waals surface area contributed by atoms with Gasteiger partial charge >= 0.3 is 0 Å². The van der Waals surface area contributed by atoms with Gasteiger partial charge in [0, 0.05) is 24.1 Å². The van der Waals surface area contributed by atoms with Crippen molar-refractivity contribution in [3.05, 3.63) is 52.2 Å². The number of ether oxygens (including phenoxy) is 1. The number of fused-ring (bicyclic) bond motifs is 2. The molecule has 1 N–H and O–H groups in total. The molecule has 1 aromatic heterocycles. The summed E-state index contributed by atoms with van der Waals surface area (Å²) in [5.74, 6) is -0.990. The second kappa shape index (κ2) is 7.19. The van der Waals surface area contributed by atoms with Crippen LogP contribution in [0.25, 0.3) is 21.8 Å². The van der Waals surface area contributed by atoms with Crippen LogP contribution in [0.4, 0.5) is 8.78 Å². The zero-order valence-corrected chi connectivity index (χ0v) is 14.2. The first kappa shape index (κ1) is 17.4. The van der Waals surface area contributed by atoms with Crippen LogP contribution in [0.2, 0.25) is 0 Å². The van der Waals surface area contributed by atoms with E-state index in [0.29, 0.717) is 29.3 Å². The van der Waals surface area contributed by atoms with Gasteiger partial charge in [-0.15, -0.1) is 0 Å². The molecule has 0 aliphatic rings. The van der Waals surface area contributed by atoms with Gasteiger partial charge < -0.3 is 14.6 Å². The fourth-order valence-electron chi connectivity index (χ4n) is 2.93. The lowest BCUT2D eigenvalue weighted by Gasteiger charge is -2.18. The molecule has 0 fully saturated rings. The van der Waals surface area contributed by atoms with Gasteiger partial charge in [0.15, 0.2) is 5.43 Å². The lowest BCUT2D eigenvalue weighted by atomic mass is 10.1. The molecule has 0 aliphatic heterocycles. The molecule has 0 unspecified atom stereocenters. The van der Waals surface area contributed by atoms with E-state index in [4.69, 9.17) is 4.74 Å². The lowest BCUT2D eigenvalue weighted by Crippen LogP contribution is -2.27. The van der Waals surface area contributed by atoms with Crippen molar-refractivity contribution in [3.8, 4) is 5.75 Å². The molecule has 0 aliphatic carbocycles. The molecule has 0 saturated carbocycles. The van der Waals surface area contributed by atoms with Crippen molar-refractivity contribution in [1.82, 2.24) is 9.88 Å². The van der Waals surface area contributed by atoms with Crippen molar-refractivity contribution in [1.29, 1.82) is 0 Å². The van der Waals surface area contributed by atoms with Gasteiger partial charge in [0.2, 0.25) is 0 Å². The third kappa shape index (κ3) is 3.49. The van der Waals surface area contributed by atoms with Crippen molar-refractivity contribution in [3.63, 3.8) is 0 Å². The molecule has 3 aromatic rings. The third-order valence-corrected chi connectivity index (χ3v) is 4.36. The van der Waals surface area contributed by atoms with Gasteiger partial charge in [-0.25, -0.2) is 8.78 Å². The molecule has 0 atom stereocenters. The fraction of sp³-hybridized carbons (Fsp3) is 0.316.